The third-order valence-electron chi connectivity index (χ3n) is 3.49. The number of aromatic nitrogens is 1. The normalized spacial score (nSPS) is 10.6. The summed E-state index contributed by atoms with van der Waals surface area (Å²) in [5.74, 6) is 1.09. The zero-order chi connectivity index (χ0) is 19.1. The first-order valence-corrected chi connectivity index (χ1v) is 8.12. The number of benzene rings is 1. The summed E-state index contributed by atoms with van der Waals surface area (Å²) >= 11 is 0. The minimum absolute atomic E-state index is 0.266. The molecule has 2 N–H and O–H groups in total. The summed E-state index contributed by atoms with van der Waals surface area (Å²) in [6.45, 7) is 0. The number of pyridine rings is 1. The van der Waals surface area contributed by atoms with Crippen molar-refractivity contribution in [2.45, 2.75) is 0 Å². The van der Waals surface area contributed by atoms with Crippen LogP contribution in [0.5, 0.6) is 11.5 Å². The Bertz CT molecular complexity index is 948. The van der Waals surface area contributed by atoms with E-state index in [0.29, 0.717) is 22.9 Å². The number of hydrogen-bond acceptors (Lipinski definition) is 5. The van der Waals surface area contributed by atoms with E-state index < -0.39 is 0 Å². The summed E-state index contributed by atoms with van der Waals surface area (Å²) in [4.78, 5) is 27.5. The number of nitrogens with one attached hydrogen (secondary N) is 2. The van der Waals surface area contributed by atoms with Crippen molar-refractivity contribution in [3.63, 3.8) is 0 Å². The fraction of sp³-hybridized carbons (Fsp3) is 0.0500. The van der Waals surface area contributed by atoms with E-state index in [-0.39, 0.29) is 17.5 Å². The summed E-state index contributed by atoms with van der Waals surface area (Å²) in [6, 6.07) is 13.6. The van der Waals surface area contributed by atoms with E-state index in [1.807, 2.05) is 0 Å². The summed E-state index contributed by atoms with van der Waals surface area (Å²) in [7, 11) is 1.54. The van der Waals surface area contributed by atoms with E-state index in [9.17, 15) is 9.59 Å². The van der Waals surface area contributed by atoms with Crippen LogP contribution in [0, 0.1) is 0 Å². The molecule has 136 valence electrons. The number of carbonyl (C=O) groups excluding carboxylic acids is 2. The number of anilines is 1. The smallest absolute Gasteiger partial charge is 0.269 e. The average Bonchev–Trinajstić information content (AvgIpc) is 3.21. The average molecular weight is 363 g/mol. The molecule has 0 aliphatic carbocycles. The number of ether oxygens (including phenoxy) is 1. The number of furan rings is 1. The lowest BCUT2D eigenvalue weighted by Crippen LogP contribution is -2.18. The second-order valence-corrected chi connectivity index (χ2v) is 5.42. The summed E-state index contributed by atoms with van der Waals surface area (Å²) in [5, 5.41) is 5.25. The van der Waals surface area contributed by atoms with Crippen LogP contribution in [0.4, 0.5) is 5.69 Å². The van der Waals surface area contributed by atoms with Gasteiger partial charge in [0.25, 0.3) is 5.91 Å². The Morgan fingerprint density at radius 2 is 1.93 bits per heavy atom. The first-order chi connectivity index (χ1) is 13.1. The molecule has 0 aliphatic rings. The highest BCUT2D eigenvalue weighted by Crippen LogP contribution is 2.23. The van der Waals surface area contributed by atoms with Crippen LogP contribution in [0.2, 0.25) is 0 Å². The lowest BCUT2D eigenvalue weighted by atomic mass is 10.3. The van der Waals surface area contributed by atoms with Crippen LogP contribution in [0.1, 0.15) is 16.2 Å². The number of hydrogen-bond donors (Lipinski definition) is 2. The SMILES string of the molecule is CNC(=O)c1cc(Oc2ccc(NC(=O)C=Cc3ccco3)cc2)ccn1. The predicted molar refractivity (Wildman–Crippen MR) is 101 cm³/mol. The largest absolute Gasteiger partial charge is 0.465 e. The summed E-state index contributed by atoms with van der Waals surface area (Å²) in [5.41, 5.74) is 0.888. The van der Waals surface area contributed by atoms with Gasteiger partial charge in [0.05, 0.1) is 6.26 Å². The monoisotopic (exact) mass is 363 g/mol. The molecule has 0 atom stereocenters. The quantitative estimate of drug-likeness (QED) is 0.654. The lowest BCUT2D eigenvalue weighted by molar-refractivity contribution is -0.111. The molecule has 2 amide bonds. The first-order valence-electron chi connectivity index (χ1n) is 8.12. The van der Waals surface area contributed by atoms with Crippen LogP contribution in [0.25, 0.3) is 6.08 Å². The third kappa shape index (κ3) is 5.05. The summed E-state index contributed by atoms with van der Waals surface area (Å²) < 4.78 is 10.8. The Labute approximate surface area is 155 Å². The van der Waals surface area contributed by atoms with Crippen molar-refractivity contribution < 1.29 is 18.7 Å². The van der Waals surface area contributed by atoms with E-state index >= 15 is 0 Å². The minimum Gasteiger partial charge on any atom is -0.465 e. The highest BCUT2D eigenvalue weighted by Gasteiger charge is 2.07. The Morgan fingerprint density at radius 1 is 1.11 bits per heavy atom. The Kier molecular flexibility index (Phi) is 5.64. The lowest BCUT2D eigenvalue weighted by Gasteiger charge is -2.08. The molecule has 3 rings (SSSR count). The van der Waals surface area contributed by atoms with Gasteiger partial charge in [0.2, 0.25) is 5.91 Å². The van der Waals surface area contributed by atoms with Crippen molar-refractivity contribution in [2.75, 3.05) is 12.4 Å². The van der Waals surface area contributed by atoms with Gasteiger partial charge in [0, 0.05) is 31.1 Å². The molecule has 0 fully saturated rings. The highest BCUT2D eigenvalue weighted by molar-refractivity contribution is 6.01. The molecular formula is C20H17N3O4. The van der Waals surface area contributed by atoms with Gasteiger partial charge in [-0.1, -0.05) is 0 Å². The molecule has 2 aromatic heterocycles. The fourth-order valence-electron chi connectivity index (χ4n) is 2.20. The molecule has 0 spiro atoms. The number of nitrogens with zero attached hydrogens (tertiary/aromatic N) is 1. The van der Waals surface area contributed by atoms with Gasteiger partial charge < -0.3 is 19.8 Å². The maximum Gasteiger partial charge on any atom is 0.269 e. The van der Waals surface area contributed by atoms with Crippen molar-refractivity contribution in [3.8, 4) is 11.5 Å². The van der Waals surface area contributed by atoms with Crippen molar-refractivity contribution in [2.24, 2.45) is 0 Å². The Hall–Kier alpha value is -3.87. The van der Waals surface area contributed by atoms with Crippen molar-refractivity contribution in [3.05, 3.63) is 78.5 Å². The minimum atomic E-state index is -0.291. The van der Waals surface area contributed by atoms with Crippen LogP contribution in [0.3, 0.4) is 0 Å². The number of amides is 2. The molecular weight excluding hydrogens is 346 g/mol. The van der Waals surface area contributed by atoms with Crippen LogP contribution in [-0.2, 0) is 4.79 Å². The Morgan fingerprint density at radius 3 is 2.63 bits per heavy atom. The van der Waals surface area contributed by atoms with Gasteiger partial charge >= 0.3 is 0 Å². The van der Waals surface area contributed by atoms with Crippen LogP contribution in [0.15, 0.2) is 71.5 Å². The Balaban J connectivity index is 1.60. The molecule has 0 saturated heterocycles. The van der Waals surface area contributed by atoms with Gasteiger partial charge in [0.15, 0.2) is 0 Å². The molecule has 0 aliphatic heterocycles. The zero-order valence-corrected chi connectivity index (χ0v) is 14.5. The molecule has 2 heterocycles. The van der Waals surface area contributed by atoms with Gasteiger partial charge in [-0.3, -0.25) is 14.6 Å². The summed E-state index contributed by atoms with van der Waals surface area (Å²) in [6.07, 6.45) is 6.01. The first kappa shape index (κ1) is 17.9. The second kappa shape index (κ2) is 8.48. The maximum atomic E-state index is 11.9. The van der Waals surface area contributed by atoms with Gasteiger partial charge in [-0.2, -0.15) is 0 Å². The van der Waals surface area contributed by atoms with Gasteiger partial charge in [-0.05, 0) is 48.5 Å². The van der Waals surface area contributed by atoms with E-state index in [0.717, 1.165) is 0 Å². The van der Waals surface area contributed by atoms with Crippen molar-refractivity contribution in [1.82, 2.24) is 10.3 Å². The van der Waals surface area contributed by atoms with Gasteiger partial charge in [-0.15, -0.1) is 0 Å². The number of carbonyl (C=O) groups is 2. The predicted octanol–water partition coefficient (Wildman–Crippen LogP) is 3.48. The molecule has 0 radical (unpaired) electrons. The van der Waals surface area contributed by atoms with Crippen LogP contribution >= 0.6 is 0 Å². The van der Waals surface area contributed by atoms with E-state index in [2.05, 4.69) is 15.6 Å². The number of rotatable bonds is 6. The fourth-order valence-corrected chi connectivity index (χ4v) is 2.20. The molecule has 7 nitrogen and oxygen atoms in total. The molecule has 1 aromatic carbocycles. The molecule has 0 bridgehead atoms. The van der Waals surface area contributed by atoms with E-state index in [1.54, 1.807) is 54.6 Å². The van der Waals surface area contributed by atoms with E-state index in [1.165, 1.54) is 25.6 Å². The highest BCUT2D eigenvalue weighted by atomic mass is 16.5. The maximum absolute atomic E-state index is 11.9. The molecule has 7 heteroatoms. The molecule has 3 aromatic rings. The third-order valence-corrected chi connectivity index (χ3v) is 3.49. The van der Waals surface area contributed by atoms with Gasteiger partial charge in [0.1, 0.15) is 23.0 Å². The van der Waals surface area contributed by atoms with Crippen molar-refractivity contribution >= 4 is 23.6 Å². The second-order valence-electron chi connectivity index (χ2n) is 5.42. The topological polar surface area (TPSA) is 93.5 Å². The van der Waals surface area contributed by atoms with E-state index in [4.69, 9.17) is 9.15 Å². The zero-order valence-electron chi connectivity index (χ0n) is 14.5. The van der Waals surface area contributed by atoms with Gasteiger partial charge in [-0.25, -0.2) is 0 Å². The molecule has 27 heavy (non-hydrogen) atoms. The standard InChI is InChI=1S/C20H17N3O4/c1-21-20(25)18-13-17(10-11-22-18)27-16-6-4-14(5-7-16)23-19(24)9-8-15-3-2-12-26-15/h2-13H,1H3,(H,21,25)(H,23,24). The van der Waals surface area contributed by atoms with Crippen molar-refractivity contribution in [1.29, 1.82) is 0 Å². The van der Waals surface area contributed by atoms with Crippen LogP contribution < -0.4 is 15.4 Å². The molecule has 0 saturated carbocycles. The molecule has 0 unspecified atom stereocenters. The van der Waals surface area contributed by atoms with Crippen LogP contribution in [-0.4, -0.2) is 23.8 Å².